The summed E-state index contributed by atoms with van der Waals surface area (Å²) in [5.41, 5.74) is 1.53. The molecule has 0 aromatic carbocycles. The molecule has 1 aromatic rings. The van der Waals surface area contributed by atoms with Crippen molar-refractivity contribution in [3.63, 3.8) is 0 Å². The Balaban J connectivity index is 3.03. The number of hydrogen-bond acceptors (Lipinski definition) is 4. The number of ether oxygens (including phenoxy) is 1. The van der Waals surface area contributed by atoms with Crippen LogP contribution >= 0.6 is 23.6 Å². The molecule has 1 rings (SSSR count). The normalized spacial score (nSPS) is 11.1. The van der Waals surface area contributed by atoms with Crippen molar-refractivity contribution >= 4 is 39.6 Å². The highest BCUT2D eigenvalue weighted by Gasteiger charge is 2.23. The fourth-order valence-corrected chi connectivity index (χ4v) is 3.52. The second-order valence-electron chi connectivity index (χ2n) is 5.50. The van der Waals surface area contributed by atoms with Crippen LogP contribution in [0.1, 0.15) is 54.9 Å². The van der Waals surface area contributed by atoms with Gasteiger partial charge in [0.15, 0.2) is 5.11 Å². The number of methoxy groups -OCH3 is 1. The number of carbonyl (C=O) groups is 1. The predicted octanol–water partition coefficient (Wildman–Crippen LogP) is 3.88. The lowest BCUT2D eigenvalue weighted by Crippen LogP contribution is -2.44. The Morgan fingerprint density at radius 2 is 2.00 bits per heavy atom. The van der Waals surface area contributed by atoms with Gasteiger partial charge in [0.25, 0.3) is 0 Å². The predicted molar refractivity (Wildman–Crippen MR) is 93.5 cm³/mol. The van der Waals surface area contributed by atoms with Crippen LogP contribution in [0.15, 0.2) is 0 Å². The van der Waals surface area contributed by atoms with Crippen molar-refractivity contribution in [1.29, 1.82) is 0 Å². The quantitative estimate of drug-likeness (QED) is 0.634. The number of thiophene rings is 1. The Hall–Kier alpha value is -1.14. The second-order valence-corrected chi connectivity index (χ2v) is 7.14. The van der Waals surface area contributed by atoms with Gasteiger partial charge in [0.2, 0.25) is 0 Å². The largest absolute Gasteiger partial charge is 0.465 e. The summed E-state index contributed by atoms with van der Waals surface area (Å²) in [4.78, 5) is 13.1. The number of carbonyl (C=O) groups excluding carboxylic acids is 1. The van der Waals surface area contributed by atoms with Gasteiger partial charge in [-0.2, -0.15) is 0 Å². The molecule has 0 amide bonds. The minimum atomic E-state index is -0.323. The molecule has 2 N–H and O–H groups in total. The smallest absolute Gasteiger partial charge is 0.341 e. The molecule has 0 radical (unpaired) electrons. The van der Waals surface area contributed by atoms with E-state index in [-0.39, 0.29) is 11.5 Å². The van der Waals surface area contributed by atoms with Gasteiger partial charge >= 0.3 is 5.97 Å². The lowest BCUT2D eigenvalue weighted by Gasteiger charge is -2.26. The first-order chi connectivity index (χ1) is 9.75. The Bertz CT molecular complexity index is 536. The van der Waals surface area contributed by atoms with Crippen LogP contribution in [0.2, 0.25) is 0 Å². The Kier molecular flexibility index (Phi) is 6.16. The van der Waals surface area contributed by atoms with E-state index in [0.717, 1.165) is 28.3 Å². The maximum Gasteiger partial charge on any atom is 0.341 e. The summed E-state index contributed by atoms with van der Waals surface area (Å²) in [6.45, 7) is 10.3. The van der Waals surface area contributed by atoms with E-state index < -0.39 is 0 Å². The molecule has 1 aromatic heterocycles. The molecule has 6 heteroatoms. The number of aryl methyl sites for hydroxylation is 1. The summed E-state index contributed by atoms with van der Waals surface area (Å²) < 4.78 is 4.90. The zero-order valence-corrected chi connectivity index (χ0v) is 15.2. The van der Waals surface area contributed by atoms with Crippen molar-refractivity contribution in [3.05, 3.63) is 16.0 Å². The van der Waals surface area contributed by atoms with Crippen molar-refractivity contribution in [2.75, 3.05) is 12.4 Å². The van der Waals surface area contributed by atoms with Crippen LogP contribution in [-0.2, 0) is 11.2 Å². The maximum atomic E-state index is 12.0. The van der Waals surface area contributed by atoms with Crippen LogP contribution in [-0.4, -0.2) is 23.7 Å². The van der Waals surface area contributed by atoms with Crippen LogP contribution in [0, 0.1) is 6.92 Å². The Morgan fingerprint density at radius 1 is 1.38 bits per heavy atom. The molecule has 4 nitrogen and oxygen atoms in total. The summed E-state index contributed by atoms with van der Waals surface area (Å²) in [5.74, 6) is -0.323. The average molecular weight is 329 g/mol. The average Bonchev–Trinajstić information content (AvgIpc) is 2.72. The highest BCUT2D eigenvalue weighted by atomic mass is 32.1. The Labute approximate surface area is 136 Å². The highest BCUT2D eigenvalue weighted by Crippen LogP contribution is 2.34. The third-order valence-electron chi connectivity index (χ3n) is 3.51. The molecule has 1 heterocycles. The van der Waals surface area contributed by atoms with E-state index in [1.165, 1.54) is 18.4 Å². The van der Waals surface area contributed by atoms with Gasteiger partial charge in [-0.3, -0.25) is 0 Å². The molecule has 0 saturated carbocycles. The van der Waals surface area contributed by atoms with Crippen molar-refractivity contribution < 1.29 is 9.53 Å². The van der Waals surface area contributed by atoms with Gasteiger partial charge in [0.1, 0.15) is 5.00 Å². The van der Waals surface area contributed by atoms with Crippen molar-refractivity contribution in [1.82, 2.24) is 5.32 Å². The van der Waals surface area contributed by atoms with Gasteiger partial charge in [-0.05, 0) is 51.4 Å². The number of thiocarbonyl (C=S) groups is 1. The van der Waals surface area contributed by atoms with E-state index in [1.807, 2.05) is 13.8 Å². The number of nitrogens with one attached hydrogen (secondary N) is 2. The van der Waals surface area contributed by atoms with E-state index in [4.69, 9.17) is 17.0 Å². The molecule has 21 heavy (non-hydrogen) atoms. The molecule has 0 bridgehead atoms. The van der Waals surface area contributed by atoms with Gasteiger partial charge < -0.3 is 15.4 Å². The van der Waals surface area contributed by atoms with Gasteiger partial charge in [-0.1, -0.05) is 13.8 Å². The zero-order valence-electron chi connectivity index (χ0n) is 13.5. The third-order valence-corrected chi connectivity index (χ3v) is 4.78. The van der Waals surface area contributed by atoms with Crippen LogP contribution in [0.25, 0.3) is 0 Å². The number of rotatable bonds is 5. The minimum Gasteiger partial charge on any atom is -0.465 e. The topological polar surface area (TPSA) is 50.4 Å². The zero-order chi connectivity index (χ0) is 16.2. The van der Waals surface area contributed by atoms with Crippen LogP contribution in [0.5, 0.6) is 0 Å². The van der Waals surface area contributed by atoms with Gasteiger partial charge in [-0.15, -0.1) is 11.3 Å². The summed E-state index contributed by atoms with van der Waals surface area (Å²) in [6, 6.07) is 0. The molecule has 0 aliphatic carbocycles. The number of hydrogen-bond donors (Lipinski definition) is 2. The summed E-state index contributed by atoms with van der Waals surface area (Å²) in [5, 5.41) is 7.68. The Morgan fingerprint density at radius 3 is 2.48 bits per heavy atom. The molecule has 0 spiro atoms. The monoisotopic (exact) mass is 328 g/mol. The second kappa shape index (κ2) is 7.22. The fraction of sp³-hybridized carbons (Fsp3) is 0.600. The summed E-state index contributed by atoms with van der Waals surface area (Å²) >= 11 is 6.89. The minimum absolute atomic E-state index is 0.0879. The maximum absolute atomic E-state index is 12.0. The van der Waals surface area contributed by atoms with Gasteiger partial charge in [0.05, 0.1) is 12.7 Å². The molecular formula is C15H24N2O2S2. The molecular weight excluding hydrogens is 304 g/mol. The number of anilines is 1. The first kappa shape index (κ1) is 17.9. The lowest BCUT2D eigenvalue weighted by atomic mass is 10.0. The first-order valence-electron chi connectivity index (χ1n) is 7.05. The van der Waals surface area contributed by atoms with E-state index >= 15 is 0 Å². The fourth-order valence-electron chi connectivity index (χ4n) is 1.94. The van der Waals surface area contributed by atoms with Crippen molar-refractivity contribution in [2.24, 2.45) is 0 Å². The van der Waals surface area contributed by atoms with Crippen molar-refractivity contribution in [3.8, 4) is 0 Å². The van der Waals surface area contributed by atoms with Gasteiger partial charge in [-0.25, -0.2) is 4.79 Å². The lowest BCUT2D eigenvalue weighted by molar-refractivity contribution is 0.0601. The molecule has 0 unspecified atom stereocenters. The molecule has 0 fully saturated rings. The van der Waals surface area contributed by atoms with Crippen LogP contribution < -0.4 is 10.6 Å². The molecule has 118 valence electrons. The molecule has 0 aliphatic rings. The van der Waals surface area contributed by atoms with Gasteiger partial charge in [0, 0.05) is 10.4 Å². The summed E-state index contributed by atoms with van der Waals surface area (Å²) in [6.07, 6.45) is 1.73. The third kappa shape index (κ3) is 4.41. The standard InChI is InChI=1S/C15H24N2O2S2/c1-7-10-9(3)21-12(11(10)13(18)19-6)16-14(20)17-15(4,5)8-2/h7-8H2,1-6H3,(H2,16,17,20). The first-order valence-corrected chi connectivity index (χ1v) is 8.27. The van der Waals surface area contributed by atoms with E-state index in [9.17, 15) is 4.79 Å². The van der Waals surface area contributed by atoms with Crippen LogP contribution in [0.3, 0.4) is 0 Å². The summed E-state index contributed by atoms with van der Waals surface area (Å²) in [7, 11) is 1.40. The van der Waals surface area contributed by atoms with Crippen LogP contribution in [0.4, 0.5) is 5.00 Å². The van der Waals surface area contributed by atoms with E-state index in [1.54, 1.807) is 0 Å². The molecule has 0 atom stereocenters. The molecule has 0 saturated heterocycles. The van der Waals surface area contributed by atoms with E-state index in [0.29, 0.717) is 10.7 Å². The number of esters is 1. The SMILES string of the molecule is CCc1c(C)sc(NC(=S)NC(C)(C)CC)c1C(=O)OC. The van der Waals surface area contributed by atoms with E-state index in [2.05, 4.69) is 31.4 Å². The highest BCUT2D eigenvalue weighted by molar-refractivity contribution is 7.80. The molecule has 0 aliphatic heterocycles. The van der Waals surface area contributed by atoms with Crippen molar-refractivity contribution in [2.45, 2.75) is 53.0 Å².